The first-order valence-corrected chi connectivity index (χ1v) is 9.92. The fourth-order valence-corrected chi connectivity index (χ4v) is 4.30. The molecule has 26 heavy (non-hydrogen) atoms. The number of aromatic nitrogens is 1. The lowest BCUT2D eigenvalue weighted by atomic mass is 10.1. The van der Waals surface area contributed by atoms with Crippen molar-refractivity contribution < 1.29 is 13.2 Å². The van der Waals surface area contributed by atoms with Crippen molar-refractivity contribution in [3.05, 3.63) is 59.3 Å². The molecule has 1 fully saturated rings. The fraction of sp³-hybridized carbons (Fsp3) is 0.333. The summed E-state index contributed by atoms with van der Waals surface area (Å²) < 4.78 is 32.0. The molecular weight excluding hydrogens is 352 g/mol. The molecule has 0 saturated carbocycles. The Kier molecular flexibility index (Phi) is 5.83. The second-order valence-electron chi connectivity index (χ2n) is 5.93. The van der Waals surface area contributed by atoms with Crippen LogP contribution in [0.5, 0.6) is 0 Å². The molecule has 0 atom stereocenters. The van der Waals surface area contributed by atoms with E-state index in [1.165, 1.54) is 10.5 Å². The highest BCUT2D eigenvalue weighted by Gasteiger charge is 2.25. The molecular formula is C18H20N4O3S. The number of benzene rings is 1. The van der Waals surface area contributed by atoms with E-state index >= 15 is 0 Å². The van der Waals surface area contributed by atoms with Gasteiger partial charge in [0.1, 0.15) is 11.9 Å². The molecule has 8 heteroatoms. The molecule has 0 aliphatic carbocycles. The molecule has 3 rings (SSSR count). The van der Waals surface area contributed by atoms with E-state index in [9.17, 15) is 8.42 Å². The minimum absolute atomic E-state index is 0.0361. The molecule has 0 unspecified atom stereocenters. The van der Waals surface area contributed by atoms with Gasteiger partial charge >= 0.3 is 0 Å². The van der Waals surface area contributed by atoms with Gasteiger partial charge < -0.3 is 10.1 Å². The predicted octanol–water partition coefficient (Wildman–Crippen LogP) is 1.73. The first kappa shape index (κ1) is 18.3. The zero-order chi connectivity index (χ0) is 18.4. The van der Waals surface area contributed by atoms with E-state index in [4.69, 9.17) is 10.00 Å². The van der Waals surface area contributed by atoms with Gasteiger partial charge in [-0.25, -0.2) is 13.4 Å². The number of hydrogen-bond acceptors (Lipinski definition) is 6. The van der Waals surface area contributed by atoms with Crippen molar-refractivity contribution in [2.75, 3.05) is 31.6 Å². The Morgan fingerprint density at radius 1 is 1.15 bits per heavy atom. The zero-order valence-corrected chi connectivity index (χ0v) is 15.1. The van der Waals surface area contributed by atoms with Crippen LogP contribution >= 0.6 is 0 Å². The Bertz CT molecular complexity index is 885. The third-order valence-corrected chi connectivity index (χ3v) is 6.00. The van der Waals surface area contributed by atoms with Crippen molar-refractivity contribution in [3.8, 4) is 6.07 Å². The first-order chi connectivity index (χ1) is 12.6. The van der Waals surface area contributed by atoms with Gasteiger partial charge in [0.15, 0.2) is 0 Å². The number of pyridine rings is 1. The van der Waals surface area contributed by atoms with Crippen molar-refractivity contribution in [2.45, 2.75) is 12.3 Å². The van der Waals surface area contributed by atoms with Gasteiger partial charge in [-0.05, 0) is 23.3 Å². The molecule has 0 spiro atoms. The fourth-order valence-electron chi connectivity index (χ4n) is 2.73. The summed E-state index contributed by atoms with van der Waals surface area (Å²) in [6.45, 7) is 2.13. The lowest BCUT2D eigenvalue weighted by Crippen LogP contribution is -2.41. The van der Waals surface area contributed by atoms with Crippen molar-refractivity contribution in [2.24, 2.45) is 0 Å². The van der Waals surface area contributed by atoms with Crippen molar-refractivity contribution in [1.29, 1.82) is 5.26 Å². The second kappa shape index (κ2) is 8.27. The largest absolute Gasteiger partial charge is 0.379 e. The van der Waals surface area contributed by atoms with Crippen LogP contribution in [0.15, 0.2) is 42.6 Å². The summed E-state index contributed by atoms with van der Waals surface area (Å²) in [4.78, 5) is 4.17. The lowest BCUT2D eigenvalue weighted by molar-refractivity contribution is 0.0729. The van der Waals surface area contributed by atoms with E-state index in [0.29, 0.717) is 44.2 Å². The molecule has 0 amide bonds. The van der Waals surface area contributed by atoms with Crippen LogP contribution in [-0.4, -0.2) is 44.0 Å². The van der Waals surface area contributed by atoms with Crippen LogP contribution in [-0.2, 0) is 27.1 Å². The van der Waals surface area contributed by atoms with Gasteiger partial charge in [-0.2, -0.15) is 9.57 Å². The van der Waals surface area contributed by atoms with Crippen LogP contribution in [0.4, 0.5) is 5.82 Å². The Labute approximate surface area is 153 Å². The van der Waals surface area contributed by atoms with Crippen LogP contribution in [0.25, 0.3) is 0 Å². The van der Waals surface area contributed by atoms with Crippen molar-refractivity contribution >= 4 is 15.8 Å². The number of anilines is 1. The Morgan fingerprint density at radius 2 is 1.88 bits per heavy atom. The zero-order valence-electron chi connectivity index (χ0n) is 14.3. The SMILES string of the molecule is N#Cc1ccc(NCc2ccccc2CS(=O)(=O)N2CCOCC2)nc1. The molecule has 2 heterocycles. The minimum atomic E-state index is -3.38. The number of rotatable bonds is 6. The molecule has 0 bridgehead atoms. The van der Waals surface area contributed by atoms with Crippen LogP contribution in [0.1, 0.15) is 16.7 Å². The highest BCUT2D eigenvalue weighted by Crippen LogP contribution is 2.18. The minimum Gasteiger partial charge on any atom is -0.379 e. The van der Waals surface area contributed by atoms with Crippen LogP contribution in [0.3, 0.4) is 0 Å². The maximum atomic E-state index is 12.7. The summed E-state index contributed by atoms with van der Waals surface area (Å²) in [6, 6.07) is 12.9. The van der Waals surface area contributed by atoms with E-state index in [1.54, 1.807) is 12.1 Å². The number of nitriles is 1. The number of nitrogens with one attached hydrogen (secondary N) is 1. The van der Waals surface area contributed by atoms with Gasteiger partial charge in [-0.15, -0.1) is 0 Å². The molecule has 136 valence electrons. The molecule has 1 aromatic heterocycles. The maximum Gasteiger partial charge on any atom is 0.218 e. The lowest BCUT2D eigenvalue weighted by Gasteiger charge is -2.26. The van der Waals surface area contributed by atoms with E-state index in [0.717, 1.165) is 11.1 Å². The van der Waals surface area contributed by atoms with Gasteiger partial charge in [0.2, 0.25) is 10.0 Å². The normalized spacial score (nSPS) is 15.3. The predicted molar refractivity (Wildman–Crippen MR) is 97.7 cm³/mol. The Morgan fingerprint density at radius 3 is 2.54 bits per heavy atom. The third kappa shape index (κ3) is 4.58. The quantitative estimate of drug-likeness (QED) is 0.830. The third-order valence-electron chi connectivity index (χ3n) is 4.17. The molecule has 1 aliphatic heterocycles. The van der Waals surface area contributed by atoms with Gasteiger partial charge in [-0.3, -0.25) is 0 Å². The molecule has 7 nitrogen and oxygen atoms in total. The first-order valence-electron chi connectivity index (χ1n) is 8.31. The number of sulfonamides is 1. The molecule has 1 aromatic carbocycles. The highest BCUT2D eigenvalue weighted by molar-refractivity contribution is 7.88. The van der Waals surface area contributed by atoms with Crippen LogP contribution in [0, 0.1) is 11.3 Å². The van der Waals surface area contributed by atoms with Crippen LogP contribution < -0.4 is 5.32 Å². The average Bonchev–Trinajstić information content (AvgIpc) is 2.68. The summed E-state index contributed by atoms with van der Waals surface area (Å²) in [6.07, 6.45) is 1.50. The van der Waals surface area contributed by atoms with E-state index in [-0.39, 0.29) is 5.75 Å². The van der Waals surface area contributed by atoms with Crippen LogP contribution in [0.2, 0.25) is 0 Å². The summed E-state index contributed by atoms with van der Waals surface area (Å²) in [5, 5.41) is 12.0. The smallest absolute Gasteiger partial charge is 0.218 e. The monoisotopic (exact) mass is 372 g/mol. The van der Waals surface area contributed by atoms with E-state index < -0.39 is 10.0 Å². The van der Waals surface area contributed by atoms with E-state index in [2.05, 4.69) is 10.3 Å². The molecule has 0 radical (unpaired) electrons. The standard InChI is InChI=1S/C18H20N4O3S/c19-11-15-5-6-18(20-12-15)21-13-16-3-1-2-4-17(16)14-26(23,24)22-7-9-25-10-8-22/h1-6,12H,7-10,13-14H2,(H,20,21). The number of morpholine rings is 1. The number of ether oxygens (including phenoxy) is 1. The average molecular weight is 372 g/mol. The van der Waals surface area contributed by atoms with Gasteiger partial charge in [0, 0.05) is 25.8 Å². The summed E-state index contributed by atoms with van der Waals surface area (Å²) in [7, 11) is -3.38. The molecule has 1 N–H and O–H groups in total. The Hall–Kier alpha value is -2.47. The highest BCUT2D eigenvalue weighted by atomic mass is 32.2. The summed E-state index contributed by atoms with van der Waals surface area (Å²) in [5.41, 5.74) is 2.16. The number of hydrogen-bond donors (Lipinski definition) is 1. The summed E-state index contributed by atoms with van der Waals surface area (Å²) in [5.74, 6) is 0.598. The van der Waals surface area contributed by atoms with Crippen molar-refractivity contribution in [1.82, 2.24) is 9.29 Å². The number of nitrogens with zero attached hydrogens (tertiary/aromatic N) is 3. The molecule has 1 aliphatic rings. The van der Waals surface area contributed by atoms with Gasteiger partial charge in [0.25, 0.3) is 0 Å². The van der Waals surface area contributed by atoms with Gasteiger partial charge in [0.05, 0.1) is 24.5 Å². The topological polar surface area (TPSA) is 95.3 Å². The molecule has 1 saturated heterocycles. The van der Waals surface area contributed by atoms with Crippen molar-refractivity contribution in [3.63, 3.8) is 0 Å². The Balaban J connectivity index is 1.70. The second-order valence-corrected chi connectivity index (χ2v) is 7.90. The molecule has 2 aromatic rings. The van der Waals surface area contributed by atoms with E-state index in [1.807, 2.05) is 30.3 Å². The van der Waals surface area contributed by atoms with Gasteiger partial charge in [-0.1, -0.05) is 24.3 Å². The summed E-state index contributed by atoms with van der Waals surface area (Å²) >= 11 is 0. The maximum absolute atomic E-state index is 12.7.